The molecule has 0 aromatic carbocycles. The monoisotopic (exact) mass is 217 g/mol. The lowest BCUT2D eigenvalue weighted by molar-refractivity contribution is 1.13. The number of aryl methyl sites for hydroxylation is 1. The van der Waals surface area contributed by atoms with Gasteiger partial charge in [-0.2, -0.15) is 5.26 Å². The third-order valence-corrected chi connectivity index (χ3v) is 2.86. The number of nitrogens with zero attached hydrogens (tertiary/aromatic N) is 2. The summed E-state index contributed by atoms with van der Waals surface area (Å²) in [6.07, 6.45) is 1.71. The first kappa shape index (κ1) is 9.62. The molecule has 2 heterocycles. The number of rotatable bonds is 1. The van der Waals surface area contributed by atoms with Gasteiger partial charge in [0.25, 0.3) is 5.56 Å². The van der Waals surface area contributed by atoms with E-state index < -0.39 is 0 Å². The van der Waals surface area contributed by atoms with Crippen LogP contribution in [0.2, 0.25) is 0 Å². The molecule has 0 saturated heterocycles. The van der Waals surface area contributed by atoms with Gasteiger partial charge in [0.05, 0.1) is 10.4 Å². The van der Waals surface area contributed by atoms with Gasteiger partial charge in [-0.25, -0.2) is 0 Å². The van der Waals surface area contributed by atoms with Gasteiger partial charge < -0.3 is 4.98 Å². The third-order valence-electron chi connectivity index (χ3n) is 2.06. The Hall–Kier alpha value is -1.93. The lowest BCUT2D eigenvalue weighted by Crippen LogP contribution is -2.11. The van der Waals surface area contributed by atoms with Crippen LogP contribution in [0.1, 0.15) is 11.3 Å². The number of pyridine rings is 1. The van der Waals surface area contributed by atoms with Crippen LogP contribution in [0.3, 0.4) is 0 Å². The van der Waals surface area contributed by atoms with E-state index in [9.17, 15) is 4.79 Å². The maximum atomic E-state index is 11.3. The van der Waals surface area contributed by atoms with Crippen LogP contribution in [0, 0.1) is 18.3 Å². The molecule has 2 rings (SSSR count). The van der Waals surface area contributed by atoms with Crippen LogP contribution >= 0.6 is 11.3 Å². The van der Waals surface area contributed by atoms with Crippen LogP contribution < -0.4 is 5.56 Å². The van der Waals surface area contributed by atoms with Crippen LogP contribution in [0.15, 0.2) is 22.6 Å². The number of hydrogen-bond donors (Lipinski definition) is 1. The summed E-state index contributed by atoms with van der Waals surface area (Å²) in [4.78, 5) is 18.9. The predicted octanol–water partition coefficient (Wildman–Crippen LogP) is 1.68. The van der Waals surface area contributed by atoms with E-state index in [0.717, 1.165) is 16.1 Å². The Labute approximate surface area is 89.9 Å². The first-order valence-electron chi connectivity index (χ1n) is 4.25. The molecule has 15 heavy (non-hydrogen) atoms. The highest BCUT2D eigenvalue weighted by molar-refractivity contribution is 7.13. The zero-order valence-corrected chi connectivity index (χ0v) is 8.76. The lowest BCUT2D eigenvalue weighted by Gasteiger charge is -2.02. The molecule has 2 aromatic heterocycles. The van der Waals surface area contributed by atoms with Gasteiger partial charge in [-0.15, -0.1) is 11.3 Å². The molecule has 0 aliphatic rings. The minimum Gasteiger partial charge on any atom is -0.325 e. The molecule has 5 heteroatoms. The van der Waals surface area contributed by atoms with E-state index in [1.165, 1.54) is 11.3 Å². The normalized spacial score (nSPS) is 9.87. The first-order valence-corrected chi connectivity index (χ1v) is 5.13. The number of H-pyrrole nitrogens is 1. The van der Waals surface area contributed by atoms with Crippen molar-refractivity contribution in [3.63, 3.8) is 0 Å². The van der Waals surface area contributed by atoms with Gasteiger partial charge in [-0.3, -0.25) is 9.78 Å². The quantitative estimate of drug-likeness (QED) is 0.790. The molecule has 74 valence electrons. The maximum absolute atomic E-state index is 11.3. The van der Waals surface area contributed by atoms with Crippen molar-refractivity contribution in [2.75, 3.05) is 0 Å². The van der Waals surface area contributed by atoms with Crippen molar-refractivity contribution < 1.29 is 0 Å². The highest BCUT2D eigenvalue weighted by atomic mass is 32.1. The fourth-order valence-corrected chi connectivity index (χ4v) is 2.01. The molecule has 0 unspecified atom stereocenters. The molecule has 0 bridgehead atoms. The number of nitrogens with one attached hydrogen (secondary N) is 1. The number of nitriles is 1. The Bertz CT molecular complexity index is 578. The first-order chi connectivity index (χ1) is 7.22. The summed E-state index contributed by atoms with van der Waals surface area (Å²) >= 11 is 1.47. The van der Waals surface area contributed by atoms with Crippen molar-refractivity contribution in [1.82, 2.24) is 9.97 Å². The second-order valence-electron chi connectivity index (χ2n) is 3.03. The van der Waals surface area contributed by atoms with Crippen molar-refractivity contribution >= 4 is 11.3 Å². The average Bonchev–Trinajstić information content (AvgIpc) is 2.71. The van der Waals surface area contributed by atoms with Crippen molar-refractivity contribution in [3.8, 4) is 16.5 Å². The van der Waals surface area contributed by atoms with Gasteiger partial charge in [0.15, 0.2) is 0 Å². The number of aromatic amines is 1. The van der Waals surface area contributed by atoms with Gasteiger partial charge in [0.2, 0.25) is 0 Å². The van der Waals surface area contributed by atoms with E-state index >= 15 is 0 Å². The molecule has 0 fully saturated rings. The smallest absolute Gasteiger partial charge is 0.266 e. The number of thiazole rings is 1. The van der Waals surface area contributed by atoms with E-state index in [4.69, 9.17) is 5.26 Å². The molecular formula is C10H7N3OS. The molecular weight excluding hydrogens is 210 g/mol. The highest BCUT2D eigenvalue weighted by Crippen LogP contribution is 2.24. The summed E-state index contributed by atoms with van der Waals surface area (Å²) < 4.78 is 0. The van der Waals surface area contributed by atoms with Gasteiger partial charge in [0.1, 0.15) is 11.6 Å². The summed E-state index contributed by atoms with van der Waals surface area (Å²) in [6.45, 7) is 1.80. The largest absolute Gasteiger partial charge is 0.325 e. The molecule has 0 aliphatic carbocycles. The molecule has 2 aromatic rings. The molecule has 0 aliphatic heterocycles. The minimum atomic E-state index is -0.344. The van der Waals surface area contributed by atoms with Gasteiger partial charge >= 0.3 is 0 Å². The average molecular weight is 217 g/mol. The Morgan fingerprint density at radius 2 is 2.40 bits per heavy atom. The Morgan fingerprint density at radius 3 is 3.00 bits per heavy atom. The van der Waals surface area contributed by atoms with Gasteiger partial charge in [-0.1, -0.05) is 0 Å². The SMILES string of the molecule is Cc1[nH]c(=O)c(C#N)cc1-c1cncs1. The molecule has 4 nitrogen and oxygen atoms in total. The van der Waals surface area contributed by atoms with Crippen LogP contribution in [0.25, 0.3) is 10.4 Å². The van der Waals surface area contributed by atoms with Crippen LogP contribution in [0.4, 0.5) is 0 Å². The molecule has 0 radical (unpaired) electrons. The lowest BCUT2D eigenvalue weighted by atomic mass is 10.1. The number of hydrogen-bond acceptors (Lipinski definition) is 4. The summed E-state index contributed by atoms with van der Waals surface area (Å²) in [5.41, 5.74) is 3.11. The van der Waals surface area contributed by atoms with Crippen LogP contribution in [-0.4, -0.2) is 9.97 Å². The predicted molar refractivity (Wildman–Crippen MR) is 57.6 cm³/mol. The summed E-state index contributed by atoms with van der Waals surface area (Å²) in [5.74, 6) is 0. The Balaban J connectivity index is 2.69. The van der Waals surface area contributed by atoms with Crippen molar-refractivity contribution in [2.24, 2.45) is 0 Å². The highest BCUT2D eigenvalue weighted by Gasteiger charge is 2.08. The topological polar surface area (TPSA) is 69.5 Å². The zero-order valence-electron chi connectivity index (χ0n) is 7.94. The van der Waals surface area contributed by atoms with Crippen molar-refractivity contribution in [1.29, 1.82) is 5.26 Å². The van der Waals surface area contributed by atoms with Crippen molar-refractivity contribution in [2.45, 2.75) is 6.92 Å². The second-order valence-corrected chi connectivity index (χ2v) is 3.91. The Morgan fingerprint density at radius 1 is 1.60 bits per heavy atom. The fraction of sp³-hybridized carbons (Fsp3) is 0.100. The van der Waals surface area contributed by atoms with E-state index in [-0.39, 0.29) is 11.1 Å². The van der Waals surface area contributed by atoms with Crippen molar-refractivity contribution in [3.05, 3.63) is 39.4 Å². The van der Waals surface area contributed by atoms with E-state index in [1.807, 2.05) is 6.07 Å². The van der Waals surface area contributed by atoms with Gasteiger partial charge in [-0.05, 0) is 13.0 Å². The second kappa shape index (κ2) is 3.67. The third kappa shape index (κ3) is 1.67. The standard InChI is InChI=1S/C10H7N3OS/c1-6-8(9-4-12-5-15-9)2-7(3-11)10(14)13-6/h2,4-5H,1H3,(H,13,14). The van der Waals surface area contributed by atoms with E-state index in [0.29, 0.717) is 0 Å². The molecule has 0 amide bonds. The summed E-state index contributed by atoms with van der Waals surface area (Å²) in [7, 11) is 0. The fourth-order valence-electron chi connectivity index (χ4n) is 1.31. The Kier molecular flexibility index (Phi) is 2.35. The summed E-state index contributed by atoms with van der Waals surface area (Å²) in [5, 5.41) is 8.75. The maximum Gasteiger partial charge on any atom is 0.266 e. The molecule has 1 N–H and O–H groups in total. The molecule has 0 atom stereocenters. The molecule has 0 saturated carbocycles. The van der Waals surface area contributed by atoms with Gasteiger partial charge in [0, 0.05) is 17.5 Å². The number of aromatic nitrogens is 2. The van der Waals surface area contributed by atoms with Crippen LogP contribution in [-0.2, 0) is 0 Å². The summed E-state index contributed by atoms with van der Waals surface area (Å²) in [6, 6.07) is 3.46. The van der Waals surface area contributed by atoms with Crippen LogP contribution in [0.5, 0.6) is 0 Å². The molecule has 0 spiro atoms. The minimum absolute atomic E-state index is 0.129. The van der Waals surface area contributed by atoms with E-state index in [2.05, 4.69) is 9.97 Å². The van der Waals surface area contributed by atoms with E-state index in [1.54, 1.807) is 24.7 Å². The zero-order chi connectivity index (χ0) is 10.8.